The number of Topliss-reactive ketones (excluding diaryl/α,β-unsaturated/α-hetero) is 1. The Bertz CT molecular complexity index is 116. The Morgan fingerprint density at radius 1 is 1.70 bits per heavy atom. The first-order chi connectivity index (χ1) is 4.57. The molecule has 0 saturated carbocycles. The van der Waals surface area contributed by atoms with Crippen LogP contribution in [0, 0.1) is 0 Å². The molecule has 0 aromatic carbocycles. The third kappa shape index (κ3) is 3.55. The molecule has 0 saturated heterocycles. The quantitative estimate of drug-likeness (QED) is 0.455. The van der Waals surface area contributed by atoms with Crippen LogP contribution in [0.25, 0.3) is 0 Å². The van der Waals surface area contributed by atoms with Gasteiger partial charge in [0.1, 0.15) is 6.10 Å². The van der Waals surface area contributed by atoms with Crippen LogP contribution in [0.15, 0.2) is 0 Å². The minimum atomic E-state index is -0.946. The van der Waals surface area contributed by atoms with Crippen LogP contribution in [0.4, 0.5) is 0 Å². The Morgan fingerprint density at radius 3 is 2.50 bits per heavy atom. The van der Waals surface area contributed by atoms with E-state index in [1.165, 1.54) is 6.92 Å². The van der Waals surface area contributed by atoms with Crippen molar-refractivity contribution in [2.75, 3.05) is 6.54 Å². The Balaban J connectivity index is 3.56. The number of hydrogen-bond acceptors (Lipinski definition) is 4. The second-order valence-corrected chi connectivity index (χ2v) is 2.36. The predicted octanol–water partition coefficient (Wildman–Crippen LogP) is -1.39. The standard InChI is InChI=1S/C6H14N2O2/c1-4(9)6(10)2-5(8)3-7/h5-6,10H,2-3,7-8H2,1H3/t5?,6-/m0/s1. The second-order valence-electron chi connectivity index (χ2n) is 2.36. The summed E-state index contributed by atoms with van der Waals surface area (Å²) in [5.41, 5.74) is 10.5. The normalized spacial score (nSPS) is 16.4. The number of rotatable bonds is 4. The highest BCUT2D eigenvalue weighted by molar-refractivity contribution is 5.80. The van der Waals surface area contributed by atoms with Crippen molar-refractivity contribution in [3.05, 3.63) is 0 Å². The molecule has 0 aromatic heterocycles. The van der Waals surface area contributed by atoms with Crippen molar-refractivity contribution in [3.63, 3.8) is 0 Å². The molecule has 0 bridgehead atoms. The molecule has 5 N–H and O–H groups in total. The molecular formula is C6H14N2O2. The number of carbonyl (C=O) groups is 1. The van der Waals surface area contributed by atoms with Crippen LogP contribution in [-0.4, -0.2) is 29.6 Å². The summed E-state index contributed by atoms with van der Waals surface area (Å²) in [5.74, 6) is -0.260. The van der Waals surface area contributed by atoms with Crippen molar-refractivity contribution in [1.82, 2.24) is 0 Å². The predicted molar refractivity (Wildman–Crippen MR) is 38.3 cm³/mol. The molecule has 0 aromatic rings. The number of nitrogens with two attached hydrogens (primary N) is 2. The van der Waals surface area contributed by atoms with Gasteiger partial charge in [0, 0.05) is 12.6 Å². The Kier molecular flexibility index (Phi) is 4.18. The van der Waals surface area contributed by atoms with E-state index in [2.05, 4.69) is 0 Å². The zero-order valence-electron chi connectivity index (χ0n) is 6.08. The molecule has 0 aliphatic rings. The lowest BCUT2D eigenvalue weighted by atomic mass is 10.1. The second kappa shape index (κ2) is 4.38. The van der Waals surface area contributed by atoms with E-state index in [1.807, 2.05) is 0 Å². The highest BCUT2D eigenvalue weighted by atomic mass is 16.3. The zero-order chi connectivity index (χ0) is 8.15. The van der Waals surface area contributed by atoms with Crippen LogP contribution in [0.2, 0.25) is 0 Å². The topological polar surface area (TPSA) is 89.3 Å². The smallest absolute Gasteiger partial charge is 0.158 e. The van der Waals surface area contributed by atoms with Gasteiger partial charge in [-0.25, -0.2) is 0 Å². The summed E-state index contributed by atoms with van der Waals surface area (Å²) in [4.78, 5) is 10.4. The number of hydrogen-bond donors (Lipinski definition) is 3. The third-order valence-electron chi connectivity index (χ3n) is 1.30. The number of aliphatic hydroxyl groups excluding tert-OH is 1. The molecule has 1 unspecified atom stereocenters. The van der Waals surface area contributed by atoms with Gasteiger partial charge in [0.2, 0.25) is 0 Å². The van der Waals surface area contributed by atoms with E-state index in [4.69, 9.17) is 16.6 Å². The lowest BCUT2D eigenvalue weighted by Crippen LogP contribution is -2.35. The zero-order valence-corrected chi connectivity index (χ0v) is 6.08. The molecule has 4 nitrogen and oxygen atoms in total. The molecule has 4 heteroatoms. The van der Waals surface area contributed by atoms with E-state index < -0.39 is 6.10 Å². The molecule has 0 radical (unpaired) electrons. The van der Waals surface area contributed by atoms with Gasteiger partial charge < -0.3 is 16.6 Å². The fourth-order valence-corrected chi connectivity index (χ4v) is 0.549. The largest absolute Gasteiger partial charge is 0.385 e. The van der Waals surface area contributed by atoms with Gasteiger partial charge in [-0.1, -0.05) is 0 Å². The van der Waals surface area contributed by atoms with Crippen molar-refractivity contribution < 1.29 is 9.90 Å². The van der Waals surface area contributed by atoms with Crippen molar-refractivity contribution in [2.24, 2.45) is 11.5 Å². The van der Waals surface area contributed by atoms with Crippen molar-refractivity contribution in [1.29, 1.82) is 0 Å². The number of aliphatic hydroxyl groups is 1. The summed E-state index contributed by atoms with van der Waals surface area (Å²) in [7, 11) is 0. The molecule has 10 heavy (non-hydrogen) atoms. The fraction of sp³-hybridized carbons (Fsp3) is 0.833. The van der Waals surface area contributed by atoms with Gasteiger partial charge in [-0.2, -0.15) is 0 Å². The van der Waals surface area contributed by atoms with Gasteiger partial charge in [-0.05, 0) is 13.3 Å². The Labute approximate surface area is 60.2 Å². The first kappa shape index (κ1) is 9.55. The van der Waals surface area contributed by atoms with Gasteiger partial charge in [-0.3, -0.25) is 4.79 Å². The highest BCUT2D eigenvalue weighted by Crippen LogP contribution is 1.95. The van der Waals surface area contributed by atoms with Gasteiger partial charge >= 0.3 is 0 Å². The molecule has 0 spiro atoms. The fourth-order valence-electron chi connectivity index (χ4n) is 0.549. The lowest BCUT2D eigenvalue weighted by molar-refractivity contribution is -0.125. The van der Waals surface area contributed by atoms with E-state index in [9.17, 15) is 4.79 Å². The van der Waals surface area contributed by atoms with Gasteiger partial charge in [-0.15, -0.1) is 0 Å². The minimum Gasteiger partial charge on any atom is -0.385 e. The average Bonchev–Trinajstić information content (AvgIpc) is 1.87. The summed E-state index contributed by atoms with van der Waals surface area (Å²) in [6.45, 7) is 1.62. The van der Waals surface area contributed by atoms with Gasteiger partial charge in [0.25, 0.3) is 0 Å². The van der Waals surface area contributed by atoms with Crippen molar-refractivity contribution >= 4 is 5.78 Å². The maximum atomic E-state index is 10.4. The summed E-state index contributed by atoms with van der Waals surface area (Å²) in [6.07, 6.45) is -0.690. The molecule has 0 heterocycles. The van der Waals surface area contributed by atoms with Crippen LogP contribution in [-0.2, 0) is 4.79 Å². The van der Waals surface area contributed by atoms with Crippen LogP contribution in [0.1, 0.15) is 13.3 Å². The average molecular weight is 146 g/mol. The van der Waals surface area contributed by atoms with E-state index in [0.29, 0.717) is 6.54 Å². The Hall–Kier alpha value is -0.450. The van der Waals surface area contributed by atoms with Crippen LogP contribution in [0.3, 0.4) is 0 Å². The molecule has 0 amide bonds. The summed E-state index contributed by atoms with van der Waals surface area (Å²) in [6, 6.07) is -0.279. The molecule has 60 valence electrons. The van der Waals surface area contributed by atoms with Crippen LogP contribution < -0.4 is 11.5 Å². The molecule has 2 atom stereocenters. The van der Waals surface area contributed by atoms with Gasteiger partial charge in [0.15, 0.2) is 5.78 Å². The first-order valence-electron chi connectivity index (χ1n) is 3.22. The Morgan fingerprint density at radius 2 is 2.20 bits per heavy atom. The van der Waals surface area contributed by atoms with E-state index in [1.54, 1.807) is 0 Å². The maximum Gasteiger partial charge on any atom is 0.158 e. The number of ketones is 1. The van der Waals surface area contributed by atoms with Crippen LogP contribution in [0.5, 0.6) is 0 Å². The van der Waals surface area contributed by atoms with E-state index >= 15 is 0 Å². The third-order valence-corrected chi connectivity index (χ3v) is 1.30. The van der Waals surface area contributed by atoms with Crippen molar-refractivity contribution in [3.8, 4) is 0 Å². The van der Waals surface area contributed by atoms with Gasteiger partial charge in [0.05, 0.1) is 0 Å². The minimum absolute atomic E-state index is 0.256. The summed E-state index contributed by atoms with van der Waals surface area (Å²) >= 11 is 0. The molecule has 0 aliphatic heterocycles. The van der Waals surface area contributed by atoms with Crippen molar-refractivity contribution in [2.45, 2.75) is 25.5 Å². The highest BCUT2D eigenvalue weighted by Gasteiger charge is 2.12. The number of carbonyl (C=O) groups excluding carboxylic acids is 1. The first-order valence-corrected chi connectivity index (χ1v) is 3.22. The van der Waals surface area contributed by atoms with Crippen LogP contribution >= 0.6 is 0 Å². The monoisotopic (exact) mass is 146 g/mol. The molecule has 0 aliphatic carbocycles. The molecule has 0 rings (SSSR count). The summed E-state index contributed by atoms with van der Waals surface area (Å²) < 4.78 is 0. The SMILES string of the molecule is CC(=O)[C@@H](O)CC(N)CN. The molecular weight excluding hydrogens is 132 g/mol. The summed E-state index contributed by atoms with van der Waals surface area (Å²) in [5, 5.41) is 8.94. The maximum absolute atomic E-state index is 10.4. The van der Waals surface area contributed by atoms with E-state index in [-0.39, 0.29) is 18.2 Å². The molecule has 0 fully saturated rings. The lowest BCUT2D eigenvalue weighted by Gasteiger charge is -2.11. The van der Waals surface area contributed by atoms with E-state index in [0.717, 1.165) is 0 Å².